The van der Waals surface area contributed by atoms with E-state index in [1.807, 2.05) is 18.2 Å². The van der Waals surface area contributed by atoms with E-state index in [0.717, 1.165) is 29.2 Å². The molecule has 0 bridgehead atoms. The number of hydrogen-bond acceptors (Lipinski definition) is 2. The Kier molecular flexibility index (Phi) is 5.69. The molecule has 1 saturated heterocycles. The van der Waals surface area contributed by atoms with Gasteiger partial charge in [0.2, 0.25) is 0 Å². The van der Waals surface area contributed by atoms with Gasteiger partial charge >= 0.3 is 0 Å². The highest BCUT2D eigenvalue weighted by molar-refractivity contribution is 7.80. The molecule has 1 heterocycles. The maximum absolute atomic E-state index is 12.9. The lowest BCUT2D eigenvalue weighted by atomic mass is 10.1. The molecule has 0 radical (unpaired) electrons. The summed E-state index contributed by atoms with van der Waals surface area (Å²) in [5.41, 5.74) is 1.84. The largest absolute Gasteiger partial charge is 0.487 e. The third-order valence-corrected chi connectivity index (χ3v) is 4.92. The minimum atomic E-state index is -0.257. The van der Waals surface area contributed by atoms with Crippen LogP contribution in [0.4, 0.5) is 4.39 Å². The van der Waals surface area contributed by atoms with Gasteiger partial charge < -0.3 is 9.64 Å². The Labute approximate surface area is 152 Å². The minimum Gasteiger partial charge on any atom is -0.487 e. The second-order valence-corrected chi connectivity index (χ2v) is 6.71. The highest BCUT2D eigenvalue weighted by atomic mass is 35.5. The van der Waals surface area contributed by atoms with Gasteiger partial charge in [-0.2, -0.15) is 0 Å². The van der Waals surface area contributed by atoms with Crippen LogP contribution in [-0.4, -0.2) is 23.0 Å². The summed E-state index contributed by atoms with van der Waals surface area (Å²) < 4.78 is 18.6. The van der Waals surface area contributed by atoms with Gasteiger partial charge in [0.1, 0.15) is 23.2 Å². The van der Waals surface area contributed by atoms with E-state index in [4.69, 9.17) is 28.6 Å². The summed E-state index contributed by atoms with van der Waals surface area (Å²) in [5.74, 6) is 0.346. The van der Waals surface area contributed by atoms with E-state index >= 15 is 0 Å². The lowest BCUT2D eigenvalue weighted by Crippen LogP contribution is -2.34. The van der Waals surface area contributed by atoms with Crippen LogP contribution in [0.2, 0.25) is 5.02 Å². The molecule has 0 amide bonds. The highest BCUT2D eigenvalue weighted by Crippen LogP contribution is 2.27. The first-order valence-electron chi connectivity index (χ1n) is 8.09. The number of halogens is 2. The standard InChI is InChI=1S/C19H19ClFNOS/c20-17-12-15(19(24)22-10-2-1-3-11-22)6-9-18(17)23-13-14-4-7-16(21)8-5-14/h4-9,12H,1-3,10-11,13H2. The monoisotopic (exact) mass is 363 g/mol. The van der Waals surface area contributed by atoms with Crippen molar-refractivity contribution in [2.75, 3.05) is 13.1 Å². The number of nitrogens with zero attached hydrogens (tertiary/aromatic N) is 1. The van der Waals surface area contributed by atoms with Gasteiger partial charge in [0.05, 0.1) is 5.02 Å². The van der Waals surface area contributed by atoms with E-state index < -0.39 is 0 Å². The summed E-state index contributed by atoms with van der Waals surface area (Å²) in [5, 5.41) is 0.536. The van der Waals surface area contributed by atoms with Crippen molar-refractivity contribution in [2.45, 2.75) is 25.9 Å². The third kappa shape index (κ3) is 4.25. The van der Waals surface area contributed by atoms with Gasteiger partial charge in [-0.25, -0.2) is 4.39 Å². The van der Waals surface area contributed by atoms with Crippen molar-refractivity contribution in [2.24, 2.45) is 0 Å². The lowest BCUT2D eigenvalue weighted by Gasteiger charge is -2.29. The van der Waals surface area contributed by atoms with Gasteiger partial charge in [0.15, 0.2) is 0 Å². The third-order valence-electron chi connectivity index (χ3n) is 4.13. The van der Waals surface area contributed by atoms with Gasteiger partial charge in [-0.3, -0.25) is 0 Å². The average Bonchev–Trinajstić information content (AvgIpc) is 2.62. The quantitative estimate of drug-likeness (QED) is 0.691. The Morgan fingerprint density at radius 3 is 2.46 bits per heavy atom. The Balaban J connectivity index is 1.65. The molecule has 2 aromatic carbocycles. The molecule has 2 aromatic rings. The van der Waals surface area contributed by atoms with Crippen LogP contribution < -0.4 is 4.74 Å². The molecule has 0 unspecified atom stereocenters. The predicted octanol–water partition coefficient (Wildman–Crippen LogP) is 5.22. The molecule has 126 valence electrons. The highest BCUT2D eigenvalue weighted by Gasteiger charge is 2.16. The van der Waals surface area contributed by atoms with Crippen molar-refractivity contribution in [3.05, 3.63) is 64.4 Å². The van der Waals surface area contributed by atoms with Gasteiger partial charge in [-0.15, -0.1) is 0 Å². The first kappa shape index (κ1) is 17.2. The summed E-state index contributed by atoms with van der Waals surface area (Å²) in [6, 6.07) is 11.9. The summed E-state index contributed by atoms with van der Waals surface area (Å²) in [4.78, 5) is 3.09. The Hall–Kier alpha value is -1.65. The molecule has 2 nitrogen and oxygen atoms in total. The Morgan fingerprint density at radius 1 is 1.08 bits per heavy atom. The van der Waals surface area contributed by atoms with E-state index in [1.165, 1.54) is 31.4 Å². The summed E-state index contributed by atoms with van der Waals surface area (Å²) in [6.07, 6.45) is 3.65. The van der Waals surface area contributed by atoms with Crippen molar-refractivity contribution < 1.29 is 9.13 Å². The average molecular weight is 364 g/mol. The molecule has 0 N–H and O–H groups in total. The van der Waals surface area contributed by atoms with E-state index in [0.29, 0.717) is 17.4 Å². The number of benzene rings is 2. The SMILES string of the molecule is Fc1ccc(COc2ccc(C(=S)N3CCCCC3)cc2Cl)cc1. The van der Waals surface area contributed by atoms with Crippen molar-refractivity contribution >= 4 is 28.8 Å². The van der Waals surface area contributed by atoms with Crippen LogP contribution in [0.15, 0.2) is 42.5 Å². The summed E-state index contributed by atoms with van der Waals surface area (Å²) in [7, 11) is 0. The van der Waals surface area contributed by atoms with E-state index in [2.05, 4.69) is 4.90 Å². The number of ether oxygens (including phenoxy) is 1. The zero-order chi connectivity index (χ0) is 16.9. The zero-order valence-electron chi connectivity index (χ0n) is 13.3. The topological polar surface area (TPSA) is 12.5 Å². The fourth-order valence-corrected chi connectivity index (χ4v) is 3.32. The molecule has 5 heteroatoms. The van der Waals surface area contributed by atoms with Crippen molar-refractivity contribution in [3.63, 3.8) is 0 Å². The minimum absolute atomic E-state index is 0.257. The first-order chi connectivity index (χ1) is 11.6. The molecule has 1 aliphatic heterocycles. The molecule has 1 aliphatic rings. The number of hydrogen-bond donors (Lipinski definition) is 0. The number of rotatable bonds is 4. The smallest absolute Gasteiger partial charge is 0.138 e. The lowest BCUT2D eigenvalue weighted by molar-refractivity contribution is 0.306. The van der Waals surface area contributed by atoms with E-state index in [9.17, 15) is 4.39 Å². The Bertz CT molecular complexity index is 714. The summed E-state index contributed by atoms with van der Waals surface area (Å²) in [6.45, 7) is 2.37. The van der Waals surface area contributed by atoms with Crippen molar-refractivity contribution in [3.8, 4) is 5.75 Å². The van der Waals surface area contributed by atoms with Gasteiger partial charge in [0, 0.05) is 18.7 Å². The van der Waals surface area contributed by atoms with Crippen molar-refractivity contribution in [1.29, 1.82) is 0 Å². The van der Waals surface area contributed by atoms with Crippen LogP contribution in [0.3, 0.4) is 0 Å². The molecule has 3 rings (SSSR count). The number of likely N-dealkylation sites (tertiary alicyclic amines) is 1. The van der Waals surface area contributed by atoms with Gasteiger partial charge in [-0.1, -0.05) is 36.0 Å². The van der Waals surface area contributed by atoms with Crippen molar-refractivity contribution in [1.82, 2.24) is 4.90 Å². The van der Waals surface area contributed by atoms with Gasteiger partial charge in [0.25, 0.3) is 0 Å². The van der Waals surface area contributed by atoms with Crippen LogP contribution >= 0.6 is 23.8 Å². The maximum Gasteiger partial charge on any atom is 0.138 e. The van der Waals surface area contributed by atoms with Crippen LogP contribution in [0, 0.1) is 5.82 Å². The fraction of sp³-hybridized carbons (Fsp3) is 0.316. The molecule has 1 fully saturated rings. The molecule has 0 saturated carbocycles. The second kappa shape index (κ2) is 7.95. The number of piperidine rings is 1. The van der Waals surface area contributed by atoms with Crippen LogP contribution in [-0.2, 0) is 6.61 Å². The second-order valence-electron chi connectivity index (χ2n) is 5.91. The fourth-order valence-electron chi connectivity index (χ4n) is 2.77. The zero-order valence-corrected chi connectivity index (χ0v) is 14.9. The van der Waals surface area contributed by atoms with Crippen LogP contribution in [0.5, 0.6) is 5.75 Å². The van der Waals surface area contributed by atoms with E-state index in [1.54, 1.807) is 12.1 Å². The Morgan fingerprint density at radius 2 is 1.79 bits per heavy atom. The molecule has 0 aliphatic carbocycles. The maximum atomic E-state index is 12.9. The first-order valence-corrected chi connectivity index (χ1v) is 8.88. The molecule has 0 aromatic heterocycles. The molecule has 0 spiro atoms. The molecular weight excluding hydrogens is 345 g/mol. The molecule has 24 heavy (non-hydrogen) atoms. The normalized spacial score (nSPS) is 14.5. The van der Waals surface area contributed by atoms with Crippen LogP contribution in [0.25, 0.3) is 0 Å². The number of thiocarbonyl (C=S) groups is 1. The summed E-state index contributed by atoms with van der Waals surface area (Å²) >= 11 is 11.9. The van der Waals surface area contributed by atoms with E-state index in [-0.39, 0.29) is 5.82 Å². The molecule has 0 atom stereocenters. The predicted molar refractivity (Wildman–Crippen MR) is 99.3 cm³/mol. The molecular formula is C19H19ClFNOS. The van der Waals surface area contributed by atoms with Gasteiger partial charge in [-0.05, 0) is 55.2 Å². The van der Waals surface area contributed by atoms with Crippen LogP contribution in [0.1, 0.15) is 30.4 Å².